The molecule has 1 aromatic rings. The van der Waals surface area contributed by atoms with Crippen LogP contribution < -0.4 is 5.32 Å². The van der Waals surface area contributed by atoms with Gasteiger partial charge in [0.15, 0.2) is 0 Å². The van der Waals surface area contributed by atoms with Gasteiger partial charge in [-0.3, -0.25) is 0 Å². The molecule has 1 fully saturated rings. The Hall–Kier alpha value is -0.850. The van der Waals surface area contributed by atoms with E-state index in [9.17, 15) is 8.42 Å². The fraction of sp³-hybridized carbons (Fsp3) is 0.500. The summed E-state index contributed by atoms with van der Waals surface area (Å²) in [5, 5.41) is 3.10. The normalized spacial score (nSPS) is 17.3. The molecule has 0 unspecified atom stereocenters. The van der Waals surface area contributed by atoms with E-state index in [1.165, 1.54) is 16.6 Å². The number of rotatable bonds is 3. The zero-order chi connectivity index (χ0) is 12.5. The Morgan fingerprint density at radius 2 is 2.06 bits per heavy atom. The number of nitrogens with one attached hydrogen (secondary N) is 1. The van der Waals surface area contributed by atoms with Crippen LogP contribution in [0.2, 0.25) is 5.02 Å². The maximum Gasteiger partial charge on any atom is 0.244 e. The van der Waals surface area contributed by atoms with Gasteiger partial charge in [0, 0.05) is 26.3 Å². The minimum Gasteiger partial charge on any atom is -0.372 e. The summed E-state index contributed by atoms with van der Waals surface area (Å²) >= 11 is 5.93. The largest absolute Gasteiger partial charge is 0.372 e. The van der Waals surface area contributed by atoms with Crippen LogP contribution >= 0.6 is 11.6 Å². The summed E-state index contributed by atoms with van der Waals surface area (Å²) in [6.45, 7) is 1.15. The van der Waals surface area contributed by atoms with Gasteiger partial charge in [-0.15, -0.1) is 0 Å². The molecular formula is C10H14ClN3O2S. The first-order chi connectivity index (χ1) is 8.05. The van der Waals surface area contributed by atoms with Crippen molar-refractivity contribution in [1.82, 2.24) is 9.29 Å². The van der Waals surface area contributed by atoms with Crippen LogP contribution in [0.25, 0.3) is 0 Å². The standard InChI is InChI=1S/C10H14ClN3O2S/c1-12-10-9(11)6-8(7-13-10)17(15,16)14-4-2-3-5-14/h6-7H,2-5H2,1H3,(H,12,13). The Kier molecular flexibility index (Phi) is 3.56. The molecule has 94 valence electrons. The van der Waals surface area contributed by atoms with Gasteiger partial charge in [0.25, 0.3) is 0 Å². The molecule has 0 amide bonds. The molecule has 2 rings (SSSR count). The Labute approximate surface area is 106 Å². The highest BCUT2D eigenvalue weighted by atomic mass is 35.5. The molecular weight excluding hydrogens is 262 g/mol. The van der Waals surface area contributed by atoms with Gasteiger partial charge in [-0.2, -0.15) is 4.31 Å². The highest BCUT2D eigenvalue weighted by Crippen LogP contribution is 2.25. The van der Waals surface area contributed by atoms with Crippen molar-refractivity contribution in [2.24, 2.45) is 0 Å². The fourth-order valence-electron chi connectivity index (χ4n) is 1.82. The Bertz CT molecular complexity index is 512. The first kappa shape index (κ1) is 12.6. The summed E-state index contributed by atoms with van der Waals surface area (Å²) in [6.07, 6.45) is 3.16. The van der Waals surface area contributed by atoms with Crippen LogP contribution in [0, 0.1) is 0 Å². The molecule has 0 bridgehead atoms. The number of aromatic nitrogens is 1. The summed E-state index contributed by atoms with van der Waals surface area (Å²) in [6, 6.07) is 1.44. The van der Waals surface area contributed by atoms with Crippen LogP contribution in [-0.2, 0) is 10.0 Å². The smallest absolute Gasteiger partial charge is 0.244 e. The lowest BCUT2D eigenvalue weighted by Crippen LogP contribution is -2.28. The summed E-state index contributed by atoms with van der Waals surface area (Å²) in [5.74, 6) is 0.479. The SMILES string of the molecule is CNc1ncc(S(=O)(=O)N2CCCC2)cc1Cl. The summed E-state index contributed by atoms with van der Waals surface area (Å²) < 4.78 is 25.9. The topological polar surface area (TPSA) is 62.3 Å². The van der Waals surface area contributed by atoms with E-state index >= 15 is 0 Å². The van der Waals surface area contributed by atoms with Gasteiger partial charge in [-0.25, -0.2) is 13.4 Å². The van der Waals surface area contributed by atoms with E-state index in [4.69, 9.17) is 11.6 Å². The lowest BCUT2D eigenvalue weighted by molar-refractivity contribution is 0.477. The number of anilines is 1. The minimum absolute atomic E-state index is 0.156. The van der Waals surface area contributed by atoms with E-state index in [0.29, 0.717) is 23.9 Å². The lowest BCUT2D eigenvalue weighted by atomic mass is 10.4. The third-order valence-electron chi connectivity index (χ3n) is 2.76. The molecule has 0 aromatic carbocycles. The number of halogens is 1. The molecule has 1 saturated heterocycles. The van der Waals surface area contributed by atoms with Crippen LogP contribution in [-0.4, -0.2) is 37.8 Å². The molecule has 0 atom stereocenters. The van der Waals surface area contributed by atoms with Gasteiger partial charge in [-0.1, -0.05) is 11.6 Å². The van der Waals surface area contributed by atoms with Crippen molar-refractivity contribution in [3.05, 3.63) is 17.3 Å². The average molecular weight is 276 g/mol. The Balaban J connectivity index is 2.36. The predicted octanol–water partition coefficient (Wildman–Crippen LogP) is 1.56. The van der Waals surface area contributed by atoms with Crippen molar-refractivity contribution < 1.29 is 8.42 Å². The lowest BCUT2D eigenvalue weighted by Gasteiger charge is -2.15. The fourth-order valence-corrected chi connectivity index (χ4v) is 3.64. The summed E-state index contributed by atoms with van der Waals surface area (Å²) in [4.78, 5) is 4.14. The molecule has 1 N–H and O–H groups in total. The second-order valence-electron chi connectivity index (χ2n) is 3.86. The van der Waals surface area contributed by atoms with Crippen molar-refractivity contribution >= 4 is 27.4 Å². The zero-order valence-electron chi connectivity index (χ0n) is 9.48. The van der Waals surface area contributed by atoms with E-state index in [0.717, 1.165) is 12.8 Å². The highest BCUT2D eigenvalue weighted by Gasteiger charge is 2.27. The van der Waals surface area contributed by atoms with Crippen molar-refractivity contribution in [2.75, 3.05) is 25.5 Å². The van der Waals surface area contributed by atoms with Crippen molar-refractivity contribution in [2.45, 2.75) is 17.7 Å². The van der Waals surface area contributed by atoms with Crippen LogP contribution in [0.5, 0.6) is 0 Å². The predicted molar refractivity (Wildman–Crippen MR) is 66.8 cm³/mol. The molecule has 1 aliphatic heterocycles. The molecule has 0 radical (unpaired) electrons. The van der Waals surface area contributed by atoms with Crippen LogP contribution in [0.3, 0.4) is 0 Å². The second-order valence-corrected chi connectivity index (χ2v) is 6.21. The molecule has 0 spiro atoms. The van der Waals surface area contributed by atoms with Crippen molar-refractivity contribution in [1.29, 1.82) is 0 Å². The van der Waals surface area contributed by atoms with Crippen LogP contribution in [0.15, 0.2) is 17.2 Å². The van der Waals surface area contributed by atoms with Crippen molar-refractivity contribution in [3.63, 3.8) is 0 Å². The maximum absolute atomic E-state index is 12.2. The minimum atomic E-state index is -3.43. The zero-order valence-corrected chi connectivity index (χ0v) is 11.1. The van der Waals surface area contributed by atoms with Gasteiger partial charge in [0.05, 0.1) is 5.02 Å². The molecule has 2 heterocycles. The number of nitrogens with zero attached hydrogens (tertiary/aromatic N) is 2. The van der Waals surface area contributed by atoms with Gasteiger partial charge in [0.1, 0.15) is 10.7 Å². The second kappa shape index (κ2) is 4.80. The summed E-state index contributed by atoms with van der Waals surface area (Å²) in [7, 11) is -1.74. The maximum atomic E-state index is 12.2. The first-order valence-electron chi connectivity index (χ1n) is 5.39. The van der Waals surface area contributed by atoms with Gasteiger partial charge in [-0.05, 0) is 18.9 Å². The molecule has 17 heavy (non-hydrogen) atoms. The van der Waals surface area contributed by atoms with E-state index in [1.807, 2.05) is 0 Å². The quantitative estimate of drug-likeness (QED) is 0.909. The van der Waals surface area contributed by atoms with Crippen LogP contribution in [0.1, 0.15) is 12.8 Å². The van der Waals surface area contributed by atoms with Gasteiger partial charge >= 0.3 is 0 Å². The van der Waals surface area contributed by atoms with E-state index in [1.54, 1.807) is 7.05 Å². The molecule has 0 aliphatic carbocycles. The Morgan fingerprint density at radius 3 is 2.59 bits per heavy atom. The van der Waals surface area contributed by atoms with E-state index < -0.39 is 10.0 Å². The molecule has 1 aliphatic rings. The number of hydrogen-bond acceptors (Lipinski definition) is 4. The van der Waals surface area contributed by atoms with Gasteiger partial charge < -0.3 is 5.32 Å². The monoisotopic (exact) mass is 275 g/mol. The number of sulfonamides is 1. The first-order valence-corrected chi connectivity index (χ1v) is 7.21. The van der Waals surface area contributed by atoms with E-state index in [-0.39, 0.29) is 4.90 Å². The molecule has 7 heteroatoms. The number of pyridine rings is 1. The third-order valence-corrected chi connectivity index (χ3v) is 4.91. The molecule has 1 aromatic heterocycles. The van der Waals surface area contributed by atoms with Crippen molar-refractivity contribution in [3.8, 4) is 0 Å². The highest BCUT2D eigenvalue weighted by molar-refractivity contribution is 7.89. The van der Waals surface area contributed by atoms with E-state index in [2.05, 4.69) is 10.3 Å². The Morgan fingerprint density at radius 1 is 1.41 bits per heavy atom. The molecule has 0 saturated carbocycles. The van der Waals surface area contributed by atoms with Gasteiger partial charge in [0.2, 0.25) is 10.0 Å². The molecule has 5 nitrogen and oxygen atoms in total. The third kappa shape index (κ3) is 2.38. The number of hydrogen-bond donors (Lipinski definition) is 1. The summed E-state index contributed by atoms with van der Waals surface area (Å²) in [5.41, 5.74) is 0. The average Bonchev–Trinajstić information content (AvgIpc) is 2.83. The van der Waals surface area contributed by atoms with Crippen LogP contribution in [0.4, 0.5) is 5.82 Å².